The fourth-order valence-electron chi connectivity index (χ4n) is 3.14. The van der Waals surface area contributed by atoms with E-state index >= 15 is 0 Å². The summed E-state index contributed by atoms with van der Waals surface area (Å²) < 4.78 is 6.99. The van der Waals surface area contributed by atoms with E-state index in [9.17, 15) is 0 Å². The fourth-order valence-corrected chi connectivity index (χ4v) is 4.17. The number of ether oxygens (including phenoxy) is 1. The topological polar surface area (TPSA) is 64.3 Å². The SMILES string of the molecule is COCCCNc1nc2sc(C)c(C)c2c2nc(Cc3ccccc3)nn12. The van der Waals surface area contributed by atoms with Crippen molar-refractivity contribution in [3.05, 3.63) is 52.2 Å². The predicted molar refractivity (Wildman–Crippen MR) is 110 cm³/mol. The Kier molecular flexibility index (Phi) is 5.05. The van der Waals surface area contributed by atoms with E-state index in [0.717, 1.165) is 40.6 Å². The van der Waals surface area contributed by atoms with Crippen LogP contribution in [0.1, 0.15) is 28.2 Å². The first-order valence-electron chi connectivity index (χ1n) is 9.09. The van der Waals surface area contributed by atoms with Gasteiger partial charge in [0, 0.05) is 31.6 Å². The van der Waals surface area contributed by atoms with Crippen LogP contribution in [0.2, 0.25) is 0 Å². The third-order valence-electron chi connectivity index (χ3n) is 4.66. The number of thiophene rings is 1. The average molecular weight is 382 g/mol. The normalized spacial score (nSPS) is 11.5. The molecule has 27 heavy (non-hydrogen) atoms. The van der Waals surface area contributed by atoms with Gasteiger partial charge in [0.1, 0.15) is 4.83 Å². The highest BCUT2D eigenvalue weighted by Crippen LogP contribution is 2.32. The molecule has 4 aromatic rings. The van der Waals surface area contributed by atoms with Gasteiger partial charge < -0.3 is 10.1 Å². The molecule has 0 aliphatic heterocycles. The summed E-state index contributed by atoms with van der Waals surface area (Å²) in [6.07, 6.45) is 1.61. The number of aromatic nitrogens is 4. The quantitative estimate of drug-likeness (QED) is 0.490. The zero-order valence-electron chi connectivity index (χ0n) is 15.8. The number of fused-ring (bicyclic) bond motifs is 3. The van der Waals surface area contributed by atoms with Gasteiger partial charge in [-0.25, -0.2) is 9.97 Å². The molecule has 0 amide bonds. The Labute approximate surface area is 162 Å². The smallest absolute Gasteiger partial charge is 0.227 e. The summed E-state index contributed by atoms with van der Waals surface area (Å²) in [6, 6.07) is 10.3. The second-order valence-electron chi connectivity index (χ2n) is 6.60. The first kappa shape index (κ1) is 17.9. The number of rotatable bonds is 7. The van der Waals surface area contributed by atoms with E-state index < -0.39 is 0 Å². The van der Waals surface area contributed by atoms with Crippen LogP contribution in [0.5, 0.6) is 0 Å². The second kappa shape index (κ2) is 7.62. The van der Waals surface area contributed by atoms with Gasteiger partial charge in [0.05, 0.1) is 5.39 Å². The lowest BCUT2D eigenvalue weighted by Crippen LogP contribution is -2.10. The largest absolute Gasteiger partial charge is 0.385 e. The minimum Gasteiger partial charge on any atom is -0.385 e. The van der Waals surface area contributed by atoms with E-state index in [-0.39, 0.29) is 0 Å². The third-order valence-corrected chi connectivity index (χ3v) is 5.76. The van der Waals surface area contributed by atoms with Crippen molar-refractivity contribution >= 4 is 33.1 Å². The molecule has 7 heteroatoms. The molecule has 0 saturated carbocycles. The van der Waals surface area contributed by atoms with Crippen molar-refractivity contribution in [2.45, 2.75) is 26.7 Å². The van der Waals surface area contributed by atoms with Crippen molar-refractivity contribution in [2.75, 3.05) is 25.6 Å². The van der Waals surface area contributed by atoms with E-state index in [1.807, 2.05) is 22.7 Å². The summed E-state index contributed by atoms with van der Waals surface area (Å²) >= 11 is 1.71. The van der Waals surface area contributed by atoms with E-state index in [1.54, 1.807) is 18.4 Å². The molecule has 0 unspecified atom stereocenters. The first-order chi connectivity index (χ1) is 13.2. The number of methoxy groups -OCH3 is 1. The van der Waals surface area contributed by atoms with E-state index in [4.69, 9.17) is 19.8 Å². The Morgan fingerprint density at radius 1 is 1.15 bits per heavy atom. The predicted octanol–water partition coefficient (Wildman–Crippen LogP) is 4.00. The van der Waals surface area contributed by atoms with Crippen molar-refractivity contribution in [1.29, 1.82) is 0 Å². The highest BCUT2D eigenvalue weighted by molar-refractivity contribution is 7.18. The number of nitrogens with one attached hydrogen (secondary N) is 1. The average Bonchev–Trinajstić information content (AvgIpc) is 3.20. The summed E-state index contributed by atoms with van der Waals surface area (Å²) in [5.74, 6) is 1.54. The molecule has 0 atom stereocenters. The lowest BCUT2D eigenvalue weighted by atomic mass is 10.1. The van der Waals surface area contributed by atoms with Crippen LogP contribution < -0.4 is 5.32 Å². The van der Waals surface area contributed by atoms with Gasteiger partial charge in [0.15, 0.2) is 11.5 Å². The van der Waals surface area contributed by atoms with Gasteiger partial charge in [-0.1, -0.05) is 30.3 Å². The van der Waals surface area contributed by atoms with E-state index in [2.05, 4.69) is 31.3 Å². The Balaban J connectivity index is 1.78. The highest BCUT2D eigenvalue weighted by atomic mass is 32.1. The zero-order valence-corrected chi connectivity index (χ0v) is 16.6. The molecule has 3 heterocycles. The van der Waals surface area contributed by atoms with Gasteiger partial charge in [0.25, 0.3) is 0 Å². The van der Waals surface area contributed by atoms with Crippen LogP contribution in [0.15, 0.2) is 30.3 Å². The molecule has 3 aromatic heterocycles. The van der Waals surface area contributed by atoms with Crippen LogP contribution in [0.3, 0.4) is 0 Å². The molecular formula is C20H23N5OS. The first-order valence-corrected chi connectivity index (χ1v) is 9.91. The monoisotopic (exact) mass is 381 g/mol. The van der Waals surface area contributed by atoms with Gasteiger partial charge in [0.2, 0.25) is 5.95 Å². The van der Waals surface area contributed by atoms with Crippen molar-refractivity contribution in [3.63, 3.8) is 0 Å². The molecule has 4 rings (SSSR count). The van der Waals surface area contributed by atoms with Crippen LogP contribution in [-0.4, -0.2) is 39.8 Å². The molecule has 0 aliphatic carbocycles. The summed E-state index contributed by atoms with van der Waals surface area (Å²) in [5.41, 5.74) is 3.31. The molecule has 0 bridgehead atoms. The Morgan fingerprint density at radius 3 is 2.74 bits per heavy atom. The van der Waals surface area contributed by atoms with Crippen molar-refractivity contribution in [1.82, 2.24) is 19.6 Å². The third kappa shape index (κ3) is 3.52. The Bertz CT molecular complexity index is 1070. The van der Waals surface area contributed by atoms with Crippen molar-refractivity contribution in [3.8, 4) is 0 Å². The molecule has 0 aliphatic rings. The van der Waals surface area contributed by atoms with Crippen LogP contribution >= 0.6 is 11.3 Å². The standard InChI is InChI=1S/C20H23N5OS/c1-13-14(2)27-19-17(13)18-22-16(12-15-8-5-4-6-9-15)24-25(18)20(23-19)21-10-7-11-26-3/h4-6,8-9H,7,10-12H2,1-3H3,(H,21,23). The Hall–Kier alpha value is -2.51. The lowest BCUT2D eigenvalue weighted by Gasteiger charge is -2.07. The molecule has 140 valence electrons. The zero-order chi connectivity index (χ0) is 18.8. The van der Waals surface area contributed by atoms with Crippen molar-refractivity contribution < 1.29 is 4.74 Å². The number of hydrogen-bond acceptors (Lipinski definition) is 6. The van der Waals surface area contributed by atoms with Gasteiger partial charge >= 0.3 is 0 Å². The maximum atomic E-state index is 5.13. The summed E-state index contributed by atoms with van der Waals surface area (Å²) in [7, 11) is 1.72. The van der Waals surface area contributed by atoms with Crippen LogP contribution in [0, 0.1) is 13.8 Å². The number of hydrogen-bond donors (Lipinski definition) is 1. The lowest BCUT2D eigenvalue weighted by molar-refractivity contribution is 0.197. The maximum Gasteiger partial charge on any atom is 0.227 e. The minimum absolute atomic E-state index is 0.704. The van der Waals surface area contributed by atoms with E-state index in [0.29, 0.717) is 13.0 Å². The molecule has 1 aromatic carbocycles. The summed E-state index contributed by atoms with van der Waals surface area (Å²) in [6.45, 7) is 5.75. The molecule has 1 N–H and O–H groups in total. The summed E-state index contributed by atoms with van der Waals surface area (Å²) in [5, 5.41) is 9.26. The number of nitrogens with zero attached hydrogens (tertiary/aromatic N) is 4. The highest BCUT2D eigenvalue weighted by Gasteiger charge is 2.18. The number of anilines is 1. The van der Waals surface area contributed by atoms with Crippen LogP contribution in [0.25, 0.3) is 15.9 Å². The molecule has 6 nitrogen and oxygen atoms in total. The van der Waals surface area contributed by atoms with Gasteiger partial charge in [-0.3, -0.25) is 0 Å². The van der Waals surface area contributed by atoms with Gasteiger partial charge in [-0.2, -0.15) is 4.52 Å². The van der Waals surface area contributed by atoms with Crippen molar-refractivity contribution in [2.24, 2.45) is 0 Å². The maximum absolute atomic E-state index is 5.13. The van der Waals surface area contributed by atoms with Gasteiger partial charge in [-0.05, 0) is 31.4 Å². The molecule has 0 fully saturated rings. The van der Waals surface area contributed by atoms with E-state index in [1.165, 1.54) is 16.0 Å². The number of aryl methyl sites for hydroxylation is 2. The van der Waals surface area contributed by atoms with Crippen LogP contribution in [-0.2, 0) is 11.2 Å². The second-order valence-corrected chi connectivity index (χ2v) is 7.80. The molecule has 0 spiro atoms. The molecular weight excluding hydrogens is 358 g/mol. The minimum atomic E-state index is 0.704. The Morgan fingerprint density at radius 2 is 1.96 bits per heavy atom. The van der Waals surface area contributed by atoms with Gasteiger partial charge in [-0.15, -0.1) is 16.4 Å². The fraction of sp³-hybridized carbons (Fsp3) is 0.350. The van der Waals surface area contributed by atoms with Crippen LogP contribution in [0.4, 0.5) is 5.95 Å². The summed E-state index contributed by atoms with van der Waals surface area (Å²) in [4.78, 5) is 12.0. The molecule has 0 radical (unpaired) electrons. The number of benzene rings is 1. The molecule has 0 saturated heterocycles.